The molecule has 1 atom stereocenters. The van der Waals surface area contributed by atoms with Crippen LogP contribution in [0.25, 0.3) is 11.0 Å². The topological polar surface area (TPSA) is 154 Å². The number of alkyl carbamates (subject to hydrolysis) is 1. The van der Waals surface area contributed by atoms with Crippen molar-refractivity contribution in [1.82, 2.24) is 24.3 Å². The van der Waals surface area contributed by atoms with Crippen LogP contribution in [-0.2, 0) is 32.0 Å². The third kappa shape index (κ3) is 11.3. The maximum Gasteiger partial charge on any atom is 0.420 e. The number of pyridine rings is 1. The summed E-state index contributed by atoms with van der Waals surface area (Å²) in [6, 6.07) is 7.59. The van der Waals surface area contributed by atoms with Gasteiger partial charge in [-0.3, -0.25) is 14.4 Å². The van der Waals surface area contributed by atoms with Gasteiger partial charge in [-0.1, -0.05) is 32.1 Å². The molecule has 49 heavy (non-hydrogen) atoms. The standard InChI is InChI=1S/C36H50N6O7/c1-23(2)21-24-15-13-18-27-30(24)39-28(42(27)34(47)49-36(6,7)8)22-41-20-14-17-26(32(41)45)37-31(44)25(38-33(46)48-35(3,4)5)16-11-12-19-29(43)40(9)10/h12-15,17-20,23,25H,11,16,21-22H2,1-10H3,(H,37,44)(H,38,46)/b19-12+/t25-/m0/s1. The number of nitrogens with zero attached hydrogens (tertiary/aromatic N) is 4. The van der Waals surface area contributed by atoms with E-state index in [1.54, 1.807) is 73.8 Å². The molecule has 2 heterocycles. The summed E-state index contributed by atoms with van der Waals surface area (Å²) < 4.78 is 13.8. The van der Waals surface area contributed by atoms with E-state index >= 15 is 0 Å². The number of aromatic nitrogens is 3. The fourth-order valence-corrected chi connectivity index (χ4v) is 4.87. The third-order valence-corrected chi connectivity index (χ3v) is 6.96. The van der Waals surface area contributed by atoms with Crippen molar-refractivity contribution >= 4 is 40.7 Å². The van der Waals surface area contributed by atoms with Crippen LogP contribution in [0.2, 0.25) is 0 Å². The lowest BCUT2D eigenvalue weighted by molar-refractivity contribution is -0.123. The minimum atomic E-state index is -1.09. The van der Waals surface area contributed by atoms with E-state index in [0.717, 1.165) is 12.0 Å². The molecule has 13 nitrogen and oxygen atoms in total. The molecule has 0 fully saturated rings. The number of hydrogen-bond acceptors (Lipinski definition) is 8. The van der Waals surface area contributed by atoms with Gasteiger partial charge in [-0.2, -0.15) is 0 Å². The van der Waals surface area contributed by atoms with Gasteiger partial charge in [0.1, 0.15) is 28.8 Å². The van der Waals surface area contributed by atoms with Crippen LogP contribution in [0.5, 0.6) is 0 Å². The summed E-state index contributed by atoms with van der Waals surface area (Å²) in [6.45, 7) is 14.5. The summed E-state index contributed by atoms with van der Waals surface area (Å²) in [5.74, 6) is -0.238. The summed E-state index contributed by atoms with van der Waals surface area (Å²) in [5, 5.41) is 5.21. The zero-order valence-corrected chi connectivity index (χ0v) is 30.2. The van der Waals surface area contributed by atoms with Crippen molar-refractivity contribution in [3.8, 4) is 0 Å². The monoisotopic (exact) mass is 678 g/mol. The molecule has 0 spiro atoms. The number of likely N-dealkylation sites (N-methyl/N-ethyl adjacent to an activating group) is 1. The first-order valence-corrected chi connectivity index (χ1v) is 16.4. The Balaban J connectivity index is 1.95. The lowest BCUT2D eigenvalue weighted by Crippen LogP contribution is -2.46. The minimum Gasteiger partial charge on any atom is -0.444 e. The van der Waals surface area contributed by atoms with Crippen molar-refractivity contribution in [2.75, 3.05) is 19.4 Å². The molecule has 0 aliphatic carbocycles. The number of amides is 3. The quantitative estimate of drug-likeness (QED) is 0.253. The van der Waals surface area contributed by atoms with E-state index in [4.69, 9.17) is 14.5 Å². The number of fused-ring (bicyclic) bond motifs is 1. The van der Waals surface area contributed by atoms with Gasteiger partial charge in [0.05, 0.1) is 17.6 Å². The highest BCUT2D eigenvalue weighted by molar-refractivity contribution is 5.96. The fraction of sp³-hybridized carbons (Fsp3) is 0.500. The van der Waals surface area contributed by atoms with E-state index in [2.05, 4.69) is 24.5 Å². The van der Waals surface area contributed by atoms with E-state index in [1.807, 2.05) is 12.1 Å². The molecule has 0 saturated carbocycles. The van der Waals surface area contributed by atoms with Crippen molar-refractivity contribution in [1.29, 1.82) is 0 Å². The summed E-state index contributed by atoms with van der Waals surface area (Å²) in [6.07, 6.45) is 4.26. The molecule has 2 N–H and O–H groups in total. The fourth-order valence-electron chi connectivity index (χ4n) is 4.87. The molecule has 266 valence electrons. The second-order valence-electron chi connectivity index (χ2n) is 14.5. The average molecular weight is 679 g/mol. The molecule has 1 aromatic carbocycles. The number of rotatable bonds is 11. The molecule has 3 rings (SSSR count). The Kier molecular flexibility index (Phi) is 12.6. The molecule has 0 bridgehead atoms. The van der Waals surface area contributed by atoms with Gasteiger partial charge in [0.2, 0.25) is 11.8 Å². The molecule has 3 amide bonds. The number of hydrogen-bond donors (Lipinski definition) is 2. The van der Waals surface area contributed by atoms with E-state index in [1.165, 1.54) is 32.4 Å². The number of ether oxygens (including phenoxy) is 2. The summed E-state index contributed by atoms with van der Waals surface area (Å²) in [4.78, 5) is 71.4. The van der Waals surface area contributed by atoms with Crippen LogP contribution in [0, 0.1) is 5.92 Å². The van der Waals surface area contributed by atoms with Crippen LogP contribution in [0.15, 0.2) is 53.5 Å². The Labute approximate surface area is 287 Å². The van der Waals surface area contributed by atoms with Crippen LogP contribution >= 0.6 is 0 Å². The van der Waals surface area contributed by atoms with Gasteiger partial charge in [-0.05, 0) is 96.6 Å². The van der Waals surface area contributed by atoms with E-state index in [0.29, 0.717) is 17.0 Å². The minimum absolute atomic E-state index is 0.0396. The number of allylic oxidation sites excluding steroid dienone is 1. The van der Waals surface area contributed by atoms with Crippen molar-refractivity contribution in [3.05, 3.63) is 70.4 Å². The molecule has 0 saturated heterocycles. The maximum absolute atomic E-state index is 13.7. The van der Waals surface area contributed by atoms with E-state index < -0.39 is 40.9 Å². The largest absolute Gasteiger partial charge is 0.444 e. The SMILES string of the molecule is CC(C)Cc1cccc2c1nc(Cn1cccc(NC(=O)[C@H](CC/C=C/C(=O)N(C)C)NC(=O)OC(C)(C)C)c1=O)n2C(=O)OC(C)(C)C. The Hall–Kier alpha value is -4.94. The number of anilines is 1. The normalized spacial score (nSPS) is 12.6. The highest BCUT2D eigenvalue weighted by Crippen LogP contribution is 2.24. The van der Waals surface area contributed by atoms with Gasteiger partial charge in [0.15, 0.2) is 0 Å². The van der Waals surface area contributed by atoms with E-state index in [9.17, 15) is 24.0 Å². The summed E-state index contributed by atoms with van der Waals surface area (Å²) in [5.41, 5.74) is 0.0130. The van der Waals surface area contributed by atoms with Crippen molar-refractivity contribution in [2.24, 2.45) is 5.92 Å². The number of nitrogens with one attached hydrogen (secondary N) is 2. The number of benzene rings is 1. The zero-order chi connectivity index (χ0) is 36.7. The second kappa shape index (κ2) is 16.0. The molecule has 2 aromatic heterocycles. The molecule has 0 aliphatic heterocycles. The lowest BCUT2D eigenvalue weighted by atomic mass is 10.0. The predicted octanol–water partition coefficient (Wildman–Crippen LogP) is 5.48. The van der Waals surface area contributed by atoms with Crippen molar-refractivity contribution in [3.63, 3.8) is 0 Å². The highest BCUT2D eigenvalue weighted by atomic mass is 16.6. The number of imidazole rings is 1. The number of carbonyl (C=O) groups is 4. The lowest BCUT2D eigenvalue weighted by Gasteiger charge is -2.23. The van der Waals surface area contributed by atoms with Gasteiger partial charge in [0, 0.05) is 20.3 Å². The van der Waals surface area contributed by atoms with Gasteiger partial charge < -0.3 is 29.6 Å². The van der Waals surface area contributed by atoms with Crippen molar-refractivity contribution < 1.29 is 28.7 Å². The second-order valence-corrected chi connectivity index (χ2v) is 14.5. The predicted molar refractivity (Wildman–Crippen MR) is 189 cm³/mol. The highest BCUT2D eigenvalue weighted by Gasteiger charge is 2.27. The van der Waals surface area contributed by atoms with Crippen molar-refractivity contribution in [2.45, 2.75) is 98.4 Å². The number of carbonyl (C=O) groups excluding carboxylic acids is 4. The first kappa shape index (κ1) is 38.5. The third-order valence-electron chi connectivity index (χ3n) is 6.96. The van der Waals surface area contributed by atoms with Gasteiger partial charge >= 0.3 is 12.2 Å². The van der Waals surface area contributed by atoms with Gasteiger partial charge in [-0.15, -0.1) is 0 Å². The van der Waals surface area contributed by atoms with Crippen LogP contribution in [0.1, 0.15) is 79.6 Å². The van der Waals surface area contributed by atoms with Gasteiger partial charge in [0.25, 0.3) is 5.56 Å². The maximum atomic E-state index is 13.7. The molecular formula is C36H50N6O7. The number of para-hydroxylation sites is 1. The Morgan fingerprint density at radius 2 is 1.65 bits per heavy atom. The van der Waals surface area contributed by atoms with E-state index in [-0.39, 0.29) is 36.8 Å². The first-order chi connectivity index (χ1) is 22.8. The molecule has 0 aliphatic rings. The molecule has 0 unspecified atom stereocenters. The summed E-state index contributed by atoms with van der Waals surface area (Å²) >= 11 is 0. The van der Waals surface area contributed by atoms with Crippen LogP contribution in [0.4, 0.5) is 15.3 Å². The molecule has 0 radical (unpaired) electrons. The van der Waals surface area contributed by atoms with Gasteiger partial charge in [-0.25, -0.2) is 19.1 Å². The summed E-state index contributed by atoms with van der Waals surface area (Å²) in [7, 11) is 3.24. The smallest absolute Gasteiger partial charge is 0.420 e. The zero-order valence-electron chi connectivity index (χ0n) is 30.2. The Bertz CT molecular complexity index is 1760. The molecule has 13 heteroatoms. The Morgan fingerprint density at radius 3 is 2.27 bits per heavy atom. The van der Waals surface area contributed by atoms with Crippen LogP contribution in [0.3, 0.4) is 0 Å². The average Bonchev–Trinajstić information content (AvgIpc) is 3.33. The first-order valence-electron chi connectivity index (χ1n) is 16.4. The Morgan fingerprint density at radius 1 is 0.980 bits per heavy atom. The van der Waals surface area contributed by atoms with Crippen LogP contribution in [-0.4, -0.2) is 74.4 Å². The molecular weight excluding hydrogens is 628 g/mol. The van der Waals surface area contributed by atoms with Crippen LogP contribution < -0.4 is 16.2 Å². The molecule has 3 aromatic rings.